The highest BCUT2D eigenvalue weighted by atomic mass is 19.2. The van der Waals surface area contributed by atoms with Crippen LogP contribution in [0.1, 0.15) is 24.3 Å². The summed E-state index contributed by atoms with van der Waals surface area (Å²) in [5.74, 6) is -4.40. The molecule has 3 rings (SSSR count). The average molecular weight is 374 g/mol. The third kappa shape index (κ3) is 4.20. The molecule has 2 N–H and O–H groups in total. The monoisotopic (exact) mass is 374 g/mol. The number of carbonyl (C=O) groups is 1. The summed E-state index contributed by atoms with van der Waals surface area (Å²) in [6.07, 6.45) is 1.52. The van der Waals surface area contributed by atoms with E-state index in [1.54, 1.807) is 19.1 Å². The summed E-state index contributed by atoms with van der Waals surface area (Å²) in [5.41, 5.74) is 0.438. The fourth-order valence-electron chi connectivity index (χ4n) is 2.63. The van der Waals surface area contributed by atoms with Crippen LogP contribution in [-0.2, 0) is 4.79 Å². The number of carbonyl (C=O) groups excluding carboxylic acids is 1. The van der Waals surface area contributed by atoms with E-state index in [0.29, 0.717) is 5.76 Å². The first-order valence-electron chi connectivity index (χ1n) is 8.26. The maximum atomic E-state index is 13.8. The quantitative estimate of drug-likeness (QED) is 0.629. The van der Waals surface area contributed by atoms with Gasteiger partial charge >= 0.3 is 0 Å². The van der Waals surface area contributed by atoms with Gasteiger partial charge in [0.2, 0.25) is 5.91 Å². The molecule has 0 aliphatic carbocycles. The molecular formula is C20H17F3N2O2. The lowest BCUT2D eigenvalue weighted by molar-refractivity contribution is -0.117. The predicted octanol–water partition coefficient (Wildman–Crippen LogP) is 4.40. The molecule has 1 amide bonds. The Bertz CT molecular complexity index is 914. The van der Waals surface area contributed by atoms with E-state index in [1.165, 1.54) is 6.26 Å². The zero-order chi connectivity index (χ0) is 19.4. The van der Waals surface area contributed by atoms with Gasteiger partial charge in [0.1, 0.15) is 5.76 Å². The SMILES string of the molecule is C[C@H](N[C@@H](c1ccccc1)c1ccco1)C(=O)Nc1ccc(F)c(F)c1F. The maximum Gasteiger partial charge on any atom is 0.241 e. The van der Waals surface area contributed by atoms with Crippen molar-refractivity contribution in [3.8, 4) is 0 Å². The topological polar surface area (TPSA) is 54.3 Å². The zero-order valence-electron chi connectivity index (χ0n) is 14.4. The Morgan fingerprint density at radius 1 is 0.963 bits per heavy atom. The Morgan fingerprint density at radius 3 is 2.37 bits per heavy atom. The van der Waals surface area contributed by atoms with E-state index >= 15 is 0 Å². The van der Waals surface area contributed by atoms with Gasteiger partial charge in [-0.25, -0.2) is 13.2 Å². The van der Waals surface area contributed by atoms with E-state index < -0.39 is 41.1 Å². The summed E-state index contributed by atoms with van der Waals surface area (Å²) in [6.45, 7) is 1.58. The van der Waals surface area contributed by atoms with Gasteiger partial charge in [-0.2, -0.15) is 0 Å². The second-order valence-corrected chi connectivity index (χ2v) is 5.96. The van der Waals surface area contributed by atoms with Gasteiger partial charge in [0.05, 0.1) is 24.0 Å². The second-order valence-electron chi connectivity index (χ2n) is 5.96. The molecule has 0 aliphatic heterocycles. The molecule has 3 aromatic rings. The molecule has 0 spiro atoms. The fourth-order valence-corrected chi connectivity index (χ4v) is 2.63. The fraction of sp³-hybridized carbons (Fsp3) is 0.150. The van der Waals surface area contributed by atoms with Crippen molar-refractivity contribution in [2.24, 2.45) is 0 Å². The van der Waals surface area contributed by atoms with Crippen LogP contribution in [0.25, 0.3) is 0 Å². The molecule has 1 aromatic heterocycles. The van der Waals surface area contributed by atoms with E-state index in [9.17, 15) is 18.0 Å². The van der Waals surface area contributed by atoms with E-state index in [2.05, 4.69) is 10.6 Å². The number of halogens is 3. The molecule has 2 atom stereocenters. The standard InChI is InChI=1S/C20H17F3N2O2/c1-12(20(26)25-15-10-9-14(21)17(22)18(15)23)24-19(16-8-5-11-27-16)13-6-3-2-4-7-13/h2-12,19,24H,1H3,(H,25,26)/t12-,19-/m0/s1. The van der Waals surface area contributed by atoms with Gasteiger partial charge in [-0.05, 0) is 36.8 Å². The summed E-state index contributed by atoms with van der Waals surface area (Å²) < 4.78 is 45.6. The molecule has 4 nitrogen and oxygen atoms in total. The van der Waals surface area contributed by atoms with Crippen LogP contribution in [0.15, 0.2) is 65.3 Å². The summed E-state index contributed by atoms with van der Waals surface area (Å²) in [4.78, 5) is 12.4. The molecule has 0 saturated heterocycles. The number of furan rings is 1. The number of anilines is 1. The molecule has 140 valence electrons. The molecule has 1 heterocycles. The molecule has 27 heavy (non-hydrogen) atoms. The number of nitrogens with one attached hydrogen (secondary N) is 2. The number of hydrogen-bond donors (Lipinski definition) is 2. The first-order valence-corrected chi connectivity index (χ1v) is 8.26. The van der Waals surface area contributed by atoms with Crippen molar-refractivity contribution in [1.82, 2.24) is 5.32 Å². The summed E-state index contributed by atoms with van der Waals surface area (Å²) in [7, 11) is 0. The highest BCUT2D eigenvalue weighted by molar-refractivity contribution is 5.94. The minimum absolute atomic E-state index is 0.420. The normalized spacial score (nSPS) is 13.2. The van der Waals surface area contributed by atoms with Gasteiger partial charge in [0, 0.05) is 0 Å². The van der Waals surface area contributed by atoms with Gasteiger partial charge in [0.25, 0.3) is 0 Å². The zero-order valence-corrected chi connectivity index (χ0v) is 14.4. The Morgan fingerprint density at radius 2 is 1.70 bits per heavy atom. The van der Waals surface area contributed by atoms with Crippen LogP contribution in [0.5, 0.6) is 0 Å². The van der Waals surface area contributed by atoms with Crippen molar-refractivity contribution in [2.75, 3.05) is 5.32 Å². The minimum atomic E-state index is -1.63. The average Bonchev–Trinajstić information content (AvgIpc) is 3.21. The highest BCUT2D eigenvalue weighted by Gasteiger charge is 2.24. The summed E-state index contributed by atoms with van der Waals surface area (Å²) in [6, 6.07) is 13.3. The number of rotatable bonds is 6. The third-order valence-corrected chi connectivity index (χ3v) is 4.06. The Hall–Kier alpha value is -3.06. The lowest BCUT2D eigenvalue weighted by Crippen LogP contribution is -2.40. The predicted molar refractivity (Wildman–Crippen MR) is 94.5 cm³/mol. The maximum absolute atomic E-state index is 13.8. The van der Waals surface area contributed by atoms with Gasteiger partial charge in [0.15, 0.2) is 17.5 Å². The lowest BCUT2D eigenvalue weighted by atomic mass is 10.0. The van der Waals surface area contributed by atoms with Crippen LogP contribution < -0.4 is 10.6 Å². The molecule has 0 unspecified atom stereocenters. The first-order chi connectivity index (χ1) is 13.0. The molecular weight excluding hydrogens is 357 g/mol. The number of benzene rings is 2. The smallest absolute Gasteiger partial charge is 0.241 e. The van der Waals surface area contributed by atoms with Gasteiger partial charge in [-0.3, -0.25) is 10.1 Å². The molecule has 7 heteroatoms. The van der Waals surface area contributed by atoms with Crippen molar-refractivity contribution >= 4 is 11.6 Å². The van der Waals surface area contributed by atoms with Crippen LogP contribution >= 0.6 is 0 Å². The molecule has 0 bridgehead atoms. The second kappa shape index (κ2) is 8.09. The Labute approximate surface area is 154 Å². The molecule has 0 fully saturated rings. The summed E-state index contributed by atoms with van der Waals surface area (Å²) >= 11 is 0. The van der Waals surface area contributed by atoms with Crippen molar-refractivity contribution in [3.63, 3.8) is 0 Å². The van der Waals surface area contributed by atoms with Crippen LogP contribution in [0.2, 0.25) is 0 Å². The minimum Gasteiger partial charge on any atom is -0.467 e. The van der Waals surface area contributed by atoms with Gasteiger partial charge in [-0.1, -0.05) is 30.3 Å². The van der Waals surface area contributed by atoms with Crippen molar-refractivity contribution < 1.29 is 22.4 Å². The molecule has 0 saturated carbocycles. The van der Waals surface area contributed by atoms with Gasteiger partial charge in [-0.15, -0.1) is 0 Å². The molecule has 0 aliphatic rings. The van der Waals surface area contributed by atoms with Crippen molar-refractivity contribution in [1.29, 1.82) is 0 Å². The third-order valence-electron chi connectivity index (χ3n) is 4.06. The van der Waals surface area contributed by atoms with Gasteiger partial charge < -0.3 is 9.73 Å². The van der Waals surface area contributed by atoms with Crippen LogP contribution in [0.4, 0.5) is 18.9 Å². The largest absolute Gasteiger partial charge is 0.467 e. The van der Waals surface area contributed by atoms with Crippen molar-refractivity contribution in [3.05, 3.63) is 89.6 Å². The summed E-state index contributed by atoms with van der Waals surface area (Å²) in [5, 5.41) is 5.37. The Balaban J connectivity index is 1.77. The van der Waals surface area contributed by atoms with Crippen LogP contribution in [0.3, 0.4) is 0 Å². The lowest BCUT2D eigenvalue weighted by Gasteiger charge is -2.22. The molecule has 2 aromatic carbocycles. The number of hydrogen-bond acceptors (Lipinski definition) is 3. The first kappa shape index (κ1) is 18.7. The van der Waals surface area contributed by atoms with E-state index in [-0.39, 0.29) is 0 Å². The van der Waals surface area contributed by atoms with Crippen LogP contribution in [0, 0.1) is 17.5 Å². The Kier molecular flexibility index (Phi) is 5.61. The van der Waals surface area contributed by atoms with E-state index in [1.807, 2.05) is 30.3 Å². The highest BCUT2D eigenvalue weighted by Crippen LogP contribution is 2.24. The van der Waals surface area contributed by atoms with Crippen LogP contribution in [-0.4, -0.2) is 11.9 Å². The molecule has 0 radical (unpaired) electrons. The van der Waals surface area contributed by atoms with E-state index in [4.69, 9.17) is 4.42 Å². The van der Waals surface area contributed by atoms with Crippen molar-refractivity contribution in [2.45, 2.75) is 19.0 Å². The number of amides is 1. The van der Waals surface area contributed by atoms with E-state index in [0.717, 1.165) is 17.7 Å².